The van der Waals surface area contributed by atoms with Gasteiger partial charge in [0, 0.05) is 11.2 Å². The van der Waals surface area contributed by atoms with Gasteiger partial charge in [-0.2, -0.15) is 8.78 Å². The average Bonchev–Trinajstić information content (AvgIpc) is 2.63. The van der Waals surface area contributed by atoms with E-state index in [2.05, 4.69) is 4.98 Å². The first-order valence-electron chi connectivity index (χ1n) is 7.64. The lowest BCUT2D eigenvalue weighted by molar-refractivity contribution is -0.132. The first-order valence-corrected chi connectivity index (χ1v) is 9.87. The van der Waals surface area contributed by atoms with Gasteiger partial charge in [-0.15, -0.1) is 0 Å². The molecule has 0 bridgehead atoms. The van der Waals surface area contributed by atoms with Crippen molar-refractivity contribution in [1.82, 2.24) is 15.8 Å². The monoisotopic (exact) mass is 432 g/mol. The molecule has 12 heteroatoms. The van der Waals surface area contributed by atoms with Crippen molar-refractivity contribution in [2.45, 2.75) is 13.0 Å². The second-order valence-corrected chi connectivity index (χ2v) is 7.88. The number of rotatable bonds is 6. The number of aromatic nitrogens is 1. The van der Waals surface area contributed by atoms with Gasteiger partial charge in [0.2, 0.25) is 10.0 Å². The van der Waals surface area contributed by atoms with Crippen LogP contribution in [-0.4, -0.2) is 37.9 Å². The summed E-state index contributed by atoms with van der Waals surface area (Å²) in [6.07, 6.45) is -1.12. The Labute approximate surface area is 164 Å². The minimum Gasteiger partial charge on any atom is -0.267 e. The number of hydrogen-bond acceptors (Lipinski definition) is 5. The van der Waals surface area contributed by atoms with Crippen molar-refractivity contribution in [2.75, 3.05) is 10.6 Å². The van der Waals surface area contributed by atoms with E-state index in [-0.39, 0.29) is 12.1 Å². The fourth-order valence-electron chi connectivity index (χ4n) is 2.08. The molecule has 2 N–H and O–H groups in total. The van der Waals surface area contributed by atoms with E-state index < -0.39 is 28.3 Å². The summed E-state index contributed by atoms with van der Waals surface area (Å²) >= 11 is 5.91. The predicted molar refractivity (Wildman–Crippen MR) is 98.3 cm³/mol. The van der Waals surface area contributed by atoms with Crippen molar-refractivity contribution in [1.29, 1.82) is 0 Å². The van der Waals surface area contributed by atoms with E-state index in [0.29, 0.717) is 16.4 Å². The maximum absolute atomic E-state index is 12.1. The van der Waals surface area contributed by atoms with E-state index in [1.54, 1.807) is 23.6 Å². The van der Waals surface area contributed by atoms with Crippen LogP contribution in [0.25, 0.3) is 0 Å². The van der Waals surface area contributed by atoms with Gasteiger partial charge in [0.15, 0.2) is 0 Å². The molecule has 150 valence electrons. The number of halogens is 3. The van der Waals surface area contributed by atoms with Gasteiger partial charge in [-0.05, 0) is 30.3 Å². The maximum Gasteiger partial charge on any atom is 0.317 e. The van der Waals surface area contributed by atoms with Crippen LogP contribution in [0.4, 0.5) is 14.5 Å². The van der Waals surface area contributed by atoms with Gasteiger partial charge < -0.3 is 0 Å². The van der Waals surface area contributed by atoms with Crippen LogP contribution in [0.3, 0.4) is 0 Å². The molecule has 0 spiro atoms. The van der Waals surface area contributed by atoms with Gasteiger partial charge in [0.1, 0.15) is 0 Å². The zero-order valence-corrected chi connectivity index (χ0v) is 16.0. The highest BCUT2D eigenvalue weighted by molar-refractivity contribution is 7.92. The third-order valence-corrected chi connectivity index (χ3v) is 4.76. The molecule has 2 rings (SSSR count). The number of pyridine rings is 1. The Bertz CT molecular complexity index is 971. The number of anilines is 1. The Morgan fingerprint density at radius 2 is 1.93 bits per heavy atom. The lowest BCUT2D eigenvalue weighted by Gasteiger charge is -2.22. The molecule has 0 aliphatic carbocycles. The molecule has 8 nitrogen and oxygen atoms in total. The first kappa shape index (κ1) is 21.5. The number of hydrogen-bond donors (Lipinski definition) is 2. The number of nitrogens with one attached hydrogen (secondary N) is 2. The van der Waals surface area contributed by atoms with Crippen LogP contribution in [0.2, 0.25) is 5.02 Å². The molecule has 1 aromatic carbocycles. The lowest BCUT2D eigenvalue weighted by atomic mass is 10.2. The molecule has 0 radical (unpaired) electrons. The Morgan fingerprint density at radius 1 is 1.21 bits per heavy atom. The molecule has 0 aliphatic heterocycles. The lowest BCUT2D eigenvalue weighted by Crippen LogP contribution is -2.44. The molecule has 28 heavy (non-hydrogen) atoms. The van der Waals surface area contributed by atoms with E-state index in [1.807, 2.05) is 5.43 Å². The third kappa shape index (κ3) is 5.86. The van der Waals surface area contributed by atoms with Gasteiger partial charge in [0.05, 0.1) is 29.7 Å². The summed E-state index contributed by atoms with van der Waals surface area (Å²) in [4.78, 5) is 26.5. The highest BCUT2D eigenvalue weighted by atomic mass is 35.5. The molecule has 0 unspecified atom stereocenters. The maximum atomic E-state index is 12.1. The van der Waals surface area contributed by atoms with Crippen LogP contribution < -0.4 is 15.2 Å². The Kier molecular flexibility index (Phi) is 6.86. The second kappa shape index (κ2) is 8.93. The van der Waals surface area contributed by atoms with Crippen LogP contribution in [0.5, 0.6) is 0 Å². The number of carbonyl (C=O) groups is 2. The summed E-state index contributed by atoms with van der Waals surface area (Å²) in [6, 6.07) is 8.96. The highest BCUT2D eigenvalue weighted by Crippen LogP contribution is 2.23. The second-order valence-electron chi connectivity index (χ2n) is 5.53. The quantitative estimate of drug-likeness (QED) is 0.676. The molecule has 0 saturated heterocycles. The minimum atomic E-state index is -3.65. The molecule has 0 saturated carbocycles. The summed E-state index contributed by atoms with van der Waals surface area (Å²) in [6.45, 7) is -0.122. The predicted octanol–water partition coefficient (Wildman–Crippen LogP) is 1.73. The molecule has 0 fully saturated rings. The van der Waals surface area contributed by atoms with Crippen molar-refractivity contribution in [2.24, 2.45) is 0 Å². The van der Waals surface area contributed by atoms with E-state index in [4.69, 9.17) is 11.6 Å². The van der Waals surface area contributed by atoms with Crippen LogP contribution >= 0.6 is 11.6 Å². The number of carbonyl (C=O) groups excluding carboxylic acids is 2. The zero-order valence-electron chi connectivity index (χ0n) is 14.4. The van der Waals surface area contributed by atoms with E-state index >= 15 is 0 Å². The van der Waals surface area contributed by atoms with E-state index in [0.717, 1.165) is 16.8 Å². The number of hydrazine groups is 1. The molecule has 1 aromatic heterocycles. The van der Waals surface area contributed by atoms with Gasteiger partial charge >= 0.3 is 12.3 Å². The molecule has 2 aromatic rings. The molecule has 2 amide bonds. The zero-order chi connectivity index (χ0) is 20.9. The topological polar surface area (TPSA) is 108 Å². The van der Waals surface area contributed by atoms with Crippen molar-refractivity contribution >= 4 is 39.1 Å². The first-order chi connectivity index (χ1) is 13.1. The Hall–Kier alpha value is -2.79. The number of benzene rings is 1. The van der Waals surface area contributed by atoms with E-state index in [1.165, 1.54) is 18.2 Å². The Balaban J connectivity index is 2.13. The highest BCUT2D eigenvalue weighted by Gasteiger charge is 2.19. The summed E-state index contributed by atoms with van der Waals surface area (Å²) in [5, 5.41) is 0.358. The van der Waals surface area contributed by atoms with E-state index in [9.17, 15) is 26.8 Å². The van der Waals surface area contributed by atoms with Crippen molar-refractivity contribution < 1.29 is 26.8 Å². The number of amides is 2. The normalized spacial score (nSPS) is 11.2. The number of alkyl halides is 2. The average molecular weight is 433 g/mol. The summed E-state index contributed by atoms with van der Waals surface area (Å²) < 4.78 is 49.5. The van der Waals surface area contributed by atoms with Gasteiger partial charge in [0.25, 0.3) is 5.91 Å². The van der Waals surface area contributed by atoms with Crippen LogP contribution in [-0.2, 0) is 21.4 Å². The molecular weight excluding hydrogens is 418 g/mol. The molecular formula is C16H15ClF2N4O4S. The minimum absolute atomic E-state index is 0.0213. The molecule has 0 atom stereocenters. The van der Waals surface area contributed by atoms with Gasteiger partial charge in [-0.25, -0.2) is 8.42 Å². The fraction of sp³-hybridized carbons (Fsp3) is 0.188. The van der Waals surface area contributed by atoms with Crippen molar-refractivity contribution in [3.8, 4) is 0 Å². The fourth-order valence-corrected chi connectivity index (χ4v) is 3.12. The number of sulfonamides is 1. The summed E-state index contributed by atoms with van der Waals surface area (Å²) in [7, 11) is -3.65. The third-order valence-electron chi connectivity index (χ3n) is 3.39. The molecule has 1 heterocycles. The summed E-state index contributed by atoms with van der Waals surface area (Å²) in [5.74, 6) is -2.51. The summed E-state index contributed by atoms with van der Waals surface area (Å²) in [5.41, 5.74) is 4.01. The Morgan fingerprint density at radius 3 is 2.46 bits per heavy atom. The van der Waals surface area contributed by atoms with Crippen LogP contribution in [0, 0.1) is 0 Å². The largest absolute Gasteiger partial charge is 0.317 e. The van der Waals surface area contributed by atoms with Gasteiger partial charge in [-0.3, -0.25) is 29.7 Å². The van der Waals surface area contributed by atoms with Crippen LogP contribution in [0.15, 0.2) is 42.6 Å². The van der Waals surface area contributed by atoms with Crippen molar-refractivity contribution in [3.63, 3.8) is 0 Å². The molecule has 0 aliphatic rings. The SMILES string of the molecule is CS(=O)(=O)N(Cc1ccc(C(=O)NNC(=O)C(F)F)cn1)c1cccc(Cl)c1. The van der Waals surface area contributed by atoms with Crippen LogP contribution in [0.1, 0.15) is 16.1 Å². The van der Waals surface area contributed by atoms with Gasteiger partial charge in [-0.1, -0.05) is 17.7 Å². The number of nitrogens with zero attached hydrogens (tertiary/aromatic N) is 2. The van der Waals surface area contributed by atoms with Crippen molar-refractivity contribution in [3.05, 3.63) is 58.9 Å². The standard InChI is InChI=1S/C16H15ClF2N4O4S/c1-28(26,27)23(13-4-2-3-11(17)7-13)9-12-6-5-10(8-20-12)15(24)21-22-16(25)14(18)19/h2-8,14H,9H2,1H3,(H,21,24)(H,22,25). The smallest absolute Gasteiger partial charge is 0.267 e.